The van der Waals surface area contributed by atoms with Crippen LogP contribution in [0.25, 0.3) is 0 Å². The molecule has 448 valence electrons. The summed E-state index contributed by atoms with van der Waals surface area (Å²) in [5, 5.41) is 11.3. The third-order valence-electron chi connectivity index (χ3n) is 18.5. The van der Waals surface area contributed by atoms with E-state index in [2.05, 4.69) is 15.6 Å². The van der Waals surface area contributed by atoms with Crippen molar-refractivity contribution in [1.29, 1.82) is 0 Å². The number of fused-ring (bicyclic) bond motifs is 1. The lowest BCUT2D eigenvalue weighted by atomic mass is 9.89. The van der Waals surface area contributed by atoms with Crippen molar-refractivity contribution in [2.45, 2.75) is 301 Å². The van der Waals surface area contributed by atoms with E-state index in [1.165, 1.54) is 213 Å². The van der Waals surface area contributed by atoms with Crippen LogP contribution >= 0.6 is 11.6 Å². The van der Waals surface area contributed by atoms with E-state index in [9.17, 15) is 18.4 Å². The van der Waals surface area contributed by atoms with Crippen molar-refractivity contribution < 1.29 is 27.9 Å². The number of aromatic nitrogens is 3. The SMILES string of the molecule is CNC(=O)N1CC2(CCCCCCCCCCCCCCCCCCCCCCCCCCCCCCCCCCCCCC[C@H]1C(=O)N1CCc3c(Cl)ccc(OCc4nnn(C)c4C(F)F)c3[C@H]1CN1CCCC1=O)CC2. The van der Waals surface area contributed by atoms with E-state index < -0.39 is 18.5 Å². The highest BCUT2D eigenvalue weighted by molar-refractivity contribution is 6.31. The van der Waals surface area contributed by atoms with E-state index in [4.69, 9.17) is 16.3 Å². The van der Waals surface area contributed by atoms with Crippen molar-refractivity contribution in [2.24, 2.45) is 12.5 Å². The molecule has 1 spiro atoms. The minimum atomic E-state index is -2.80. The van der Waals surface area contributed by atoms with Crippen LogP contribution in [0.15, 0.2) is 12.1 Å². The molecule has 2 aromatic rings. The monoisotopic (exact) mass is 1120 g/mol. The van der Waals surface area contributed by atoms with Crippen LogP contribution in [0.1, 0.15) is 305 Å². The first-order valence-electron chi connectivity index (χ1n) is 32.8. The van der Waals surface area contributed by atoms with E-state index >= 15 is 4.79 Å². The number of nitrogens with zero attached hydrogens (tertiary/aromatic N) is 6. The number of aryl methyl sites for hydroxylation is 1. The number of alkyl halides is 2. The Kier molecular flexibility index (Phi) is 30.2. The number of amides is 4. The fourth-order valence-electron chi connectivity index (χ4n) is 13.3. The van der Waals surface area contributed by atoms with Gasteiger partial charge in [0.1, 0.15) is 29.8 Å². The average Bonchev–Trinajstić information content (AvgIpc) is 3.97. The van der Waals surface area contributed by atoms with Gasteiger partial charge in [0.15, 0.2) is 0 Å². The Hall–Kier alpha value is -3.48. The molecule has 3 aliphatic heterocycles. The van der Waals surface area contributed by atoms with Gasteiger partial charge in [0.2, 0.25) is 11.8 Å². The van der Waals surface area contributed by atoms with E-state index in [0.29, 0.717) is 55.2 Å². The van der Waals surface area contributed by atoms with Crippen molar-refractivity contribution in [2.75, 3.05) is 33.2 Å². The molecule has 4 heterocycles. The molecule has 79 heavy (non-hydrogen) atoms. The average molecular weight is 1130 g/mol. The maximum absolute atomic E-state index is 15.8. The summed E-state index contributed by atoms with van der Waals surface area (Å²) in [6.07, 6.45) is 50.2. The predicted molar refractivity (Wildman–Crippen MR) is 318 cm³/mol. The largest absolute Gasteiger partial charge is 0.487 e. The van der Waals surface area contributed by atoms with E-state index in [-0.39, 0.29) is 47.8 Å². The number of likely N-dealkylation sites (tertiary alicyclic amines) is 1. The molecule has 11 nitrogen and oxygen atoms in total. The van der Waals surface area contributed by atoms with Crippen LogP contribution in [0, 0.1) is 5.41 Å². The van der Waals surface area contributed by atoms with Crippen LogP contribution in [0.3, 0.4) is 0 Å². The predicted octanol–water partition coefficient (Wildman–Crippen LogP) is 17.7. The summed E-state index contributed by atoms with van der Waals surface area (Å²) in [5.74, 6) is 0.302. The minimum absolute atomic E-state index is 0.00126. The molecule has 6 rings (SSSR count). The molecular weight excluding hydrogens is 1020 g/mol. The van der Waals surface area contributed by atoms with Gasteiger partial charge in [-0.1, -0.05) is 248 Å². The Bertz CT molecular complexity index is 2050. The number of ether oxygens (including phenoxy) is 1. The third-order valence-corrected chi connectivity index (χ3v) is 18.8. The number of hydrogen-bond acceptors (Lipinski definition) is 6. The second kappa shape index (κ2) is 36.9. The highest BCUT2D eigenvalue weighted by Crippen LogP contribution is 2.51. The smallest absolute Gasteiger partial charge is 0.317 e. The van der Waals surface area contributed by atoms with Gasteiger partial charge in [-0.25, -0.2) is 18.3 Å². The van der Waals surface area contributed by atoms with Gasteiger partial charge in [-0.3, -0.25) is 9.59 Å². The van der Waals surface area contributed by atoms with Gasteiger partial charge in [-0.15, -0.1) is 5.10 Å². The lowest BCUT2D eigenvalue weighted by Gasteiger charge is -2.43. The number of urea groups is 1. The standard InChI is InChI=1S/C65H108ClF2N7O4/c1-69-64(78)75-52-65(46-47-65)45-38-36-34-32-30-28-26-24-22-20-18-16-14-12-10-8-6-4-3-5-7-9-11-13-15-17-19-21-23-25-27-29-31-33-35-37-40-56(75)63(77)74-49-44-53-54(66)42-43-58(60(53)57(74)50-73-48-39-41-59(73)76)79-51-55-61(62(67)68)72(2)71-70-55/h42-43,56-57,62H,3-41,44-52H2,1-2H3,(H,69,78)/t56-,57+/m0/s1. The van der Waals surface area contributed by atoms with Crippen LogP contribution in [0.4, 0.5) is 13.6 Å². The molecule has 2 atom stereocenters. The Morgan fingerprint density at radius 3 is 1.54 bits per heavy atom. The molecule has 1 saturated carbocycles. The molecule has 1 N–H and O–H groups in total. The quantitative estimate of drug-likeness (QED) is 0.295. The molecule has 4 amide bonds. The molecule has 0 radical (unpaired) electrons. The van der Waals surface area contributed by atoms with Gasteiger partial charge in [-0.05, 0) is 61.6 Å². The number of carbonyl (C=O) groups is 3. The Balaban J connectivity index is 1.11. The molecule has 14 heteroatoms. The van der Waals surface area contributed by atoms with Gasteiger partial charge >= 0.3 is 6.03 Å². The first-order valence-corrected chi connectivity index (χ1v) is 33.2. The minimum Gasteiger partial charge on any atom is -0.487 e. The molecule has 4 aliphatic rings. The molecular formula is C65H108ClF2N7O4. The molecule has 2 saturated heterocycles. The van der Waals surface area contributed by atoms with Crippen molar-refractivity contribution in [1.82, 2.24) is 35.0 Å². The number of hydrogen-bond donors (Lipinski definition) is 1. The number of carbonyl (C=O) groups excluding carboxylic acids is 3. The summed E-state index contributed by atoms with van der Waals surface area (Å²) in [5.41, 5.74) is 1.19. The van der Waals surface area contributed by atoms with Crippen molar-refractivity contribution in [3.63, 3.8) is 0 Å². The number of benzene rings is 1. The van der Waals surface area contributed by atoms with Crippen LogP contribution in [-0.4, -0.2) is 86.8 Å². The van der Waals surface area contributed by atoms with Gasteiger partial charge in [0, 0.05) is 57.3 Å². The summed E-state index contributed by atoms with van der Waals surface area (Å²) in [6, 6.07) is 1.91. The van der Waals surface area contributed by atoms with Crippen LogP contribution in [0.5, 0.6) is 5.75 Å². The molecule has 3 fully saturated rings. The van der Waals surface area contributed by atoms with Gasteiger partial charge in [0.05, 0.1) is 6.04 Å². The first-order chi connectivity index (χ1) is 38.6. The molecule has 1 aliphatic carbocycles. The second-order valence-corrected chi connectivity index (χ2v) is 25.2. The zero-order valence-corrected chi connectivity index (χ0v) is 50.5. The Morgan fingerprint density at radius 1 is 0.646 bits per heavy atom. The Labute approximate surface area is 482 Å². The van der Waals surface area contributed by atoms with Crippen LogP contribution in [-0.2, 0) is 29.7 Å². The summed E-state index contributed by atoms with van der Waals surface area (Å²) < 4.78 is 35.8. The number of rotatable bonds is 7. The van der Waals surface area contributed by atoms with Gasteiger partial charge in [0.25, 0.3) is 6.43 Å². The molecule has 0 unspecified atom stereocenters. The van der Waals surface area contributed by atoms with E-state index in [0.717, 1.165) is 61.6 Å². The lowest BCUT2D eigenvalue weighted by Crippen LogP contribution is -2.57. The normalized spacial score (nSPS) is 23.3. The van der Waals surface area contributed by atoms with Crippen LogP contribution in [0.2, 0.25) is 5.02 Å². The third kappa shape index (κ3) is 22.3. The maximum Gasteiger partial charge on any atom is 0.317 e. The molecule has 1 aromatic heterocycles. The summed E-state index contributed by atoms with van der Waals surface area (Å²) in [6.45, 7) is 1.42. The zero-order chi connectivity index (χ0) is 55.9. The molecule has 0 bridgehead atoms. The van der Waals surface area contributed by atoms with Crippen LogP contribution < -0.4 is 10.1 Å². The van der Waals surface area contributed by atoms with Crippen molar-refractivity contribution >= 4 is 29.4 Å². The van der Waals surface area contributed by atoms with Gasteiger partial charge < -0.3 is 24.8 Å². The highest BCUT2D eigenvalue weighted by Gasteiger charge is 2.48. The fraction of sp³-hybridized carbons (Fsp3) is 0.831. The second-order valence-electron chi connectivity index (χ2n) is 24.8. The van der Waals surface area contributed by atoms with E-state index in [1.54, 1.807) is 19.2 Å². The van der Waals surface area contributed by atoms with Crippen molar-refractivity contribution in [3.05, 3.63) is 39.7 Å². The molecule has 1 aromatic carbocycles. The zero-order valence-electron chi connectivity index (χ0n) is 49.8. The summed E-state index contributed by atoms with van der Waals surface area (Å²) in [4.78, 5) is 49.1. The summed E-state index contributed by atoms with van der Waals surface area (Å²) >= 11 is 6.98. The van der Waals surface area contributed by atoms with Gasteiger partial charge in [-0.2, -0.15) is 0 Å². The number of nitrogens with one attached hydrogen (secondary N) is 1. The fourth-order valence-corrected chi connectivity index (χ4v) is 13.6. The van der Waals surface area contributed by atoms with Crippen molar-refractivity contribution in [3.8, 4) is 5.75 Å². The number of halogens is 3. The topological polar surface area (TPSA) is 113 Å². The lowest BCUT2D eigenvalue weighted by molar-refractivity contribution is -0.141. The highest BCUT2D eigenvalue weighted by atomic mass is 35.5. The van der Waals surface area contributed by atoms with E-state index in [1.807, 2.05) is 14.7 Å². The summed E-state index contributed by atoms with van der Waals surface area (Å²) in [7, 11) is 3.10. The Morgan fingerprint density at radius 2 is 1.11 bits per heavy atom. The maximum atomic E-state index is 15.8. The first kappa shape index (κ1) is 64.7.